The Hall–Kier alpha value is -3.54. The van der Waals surface area contributed by atoms with Gasteiger partial charge in [-0.1, -0.05) is 32.0 Å². The zero-order valence-corrected chi connectivity index (χ0v) is 16.5. The monoisotopic (exact) mass is 389 g/mol. The molecular formula is C23H23N3O3. The third-order valence-corrected chi connectivity index (χ3v) is 4.91. The van der Waals surface area contributed by atoms with Crippen LogP contribution in [0.25, 0.3) is 0 Å². The molecule has 0 unspecified atom stereocenters. The molecule has 6 heteroatoms. The van der Waals surface area contributed by atoms with Crippen LogP contribution in [0.4, 0.5) is 17.2 Å². The van der Waals surface area contributed by atoms with Gasteiger partial charge >= 0.3 is 0 Å². The van der Waals surface area contributed by atoms with Crippen LogP contribution in [-0.2, 0) is 12.8 Å². The number of para-hydroxylation sites is 1. The number of fused-ring (bicyclic) bond motifs is 1. The molecule has 3 aromatic rings. The van der Waals surface area contributed by atoms with Gasteiger partial charge in [0.2, 0.25) is 6.79 Å². The Morgan fingerprint density at radius 2 is 1.76 bits per heavy atom. The number of pyridine rings is 1. The number of amides is 1. The number of carbonyl (C=O) groups is 1. The molecule has 0 saturated heterocycles. The van der Waals surface area contributed by atoms with Gasteiger partial charge in [-0.3, -0.25) is 4.79 Å². The van der Waals surface area contributed by atoms with Gasteiger partial charge in [-0.05, 0) is 54.3 Å². The molecule has 0 atom stereocenters. The molecule has 1 aromatic heterocycles. The standard InChI is InChI=1S/C23H23N3O3/c1-3-15-6-5-7-16(4-2)22(15)26-21-11-9-18(13-24-21)25-23(27)17-8-10-19-20(12-17)29-14-28-19/h5-13H,3-4,14H2,1-2H3,(H,24,26)(H,25,27). The van der Waals surface area contributed by atoms with Gasteiger partial charge in [-0.15, -0.1) is 0 Å². The number of nitrogens with zero attached hydrogens (tertiary/aromatic N) is 1. The predicted molar refractivity (Wildman–Crippen MR) is 113 cm³/mol. The number of rotatable bonds is 6. The summed E-state index contributed by atoms with van der Waals surface area (Å²) in [6, 6.07) is 15.2. The summed E-state index contributed by atoms with van der Waals surface area (Å²) in [4.78, 5) is 17.0. The van der Waals surface area contributed by atoms with Gasteiger partial charge in [0.25, 0.3) is 5.91 Å². The lowest BCUT2D eigenvalue weighted by Gasteiger charge is -2.15. The zero-order valence-electron chi connectivity index (χ0n) is 16.5. The summed E-state index contributed by atoms with van der Waals surface area (Å²) in [7, 11) is 0. The summed E-state index contributed by atoms with van der Waals surface area (Å²) in [6.45, 7) is 4.46. The Labute approximate surface area is 169 Å². The second kappa shape index (κ2) is 8.22. The van der Waals surface area contributed by atoms with Crippen molar-refractivity contribution in [1.82, 2.24) is 4.98 Å². The minimum absolute atomic E-state index is 0.180. The number of nitrogens with one attached hydrogen (secondary N) is 2. The molecule has 0 aliphatic carbocycles. The maximum absolute atomic E-state index is 12.5. The van der Waals surface area contributed by atoms with Crippen molar-refractivity contribution in [3.63, 3.8) is 0 Å². The number of aryl methyl sites for hydroxylation is 2. The van der Waals surface area contributed by atoms with E-state index >= 15 is 0 Å². The smallest absolute Gasteiger partial charge is 0.255 e. The molecule has 1 amide bonds. The van der Waals surface area contributed by atoms with Gasteiger partial charge in [0.1, 0.15) is 5.82 Å². The van der Waals surface area contributed by atoms with Crippen LogP contribution >= 0.6 is 0 Å². The number of anilines is 3. The second-order valence-corrected chi connectivity index (χ2v) is 6.74. The van der Waals surface area contributed by atoms with Crippen LogP contribution in [0.15, 0.2) is 54.7 Å². The fraction of sp³-hybridized carbons (Fsp3) is 0.217. The van der Waals surface area contributed by atoms with Crippen LogP contribution < -0.4 is 20.1 Å². The lowest BCUT2D eigenvalue weighted by molar-refractivity contribution is 0.102. The molecule has 0 radical (unpaired) electrons. The van der Waals surface area contributed by atoms with Crippen molar-refractivity contribution < 1.29 is 14.3 Å². The van der Waals surface area contributed by atoms with Gasteiger partial charge in [0.05, 0.1) is 11.9 Å². The first-order chi connectivity index (χ1) is 14.2. The number of ether oxygens (including phenoxy) is 2. The molecule has 0 fully saturated rings. The maximum Gasteiger partial charge on any atom is 0.255 e. The fourth-order valence-electron chi connectivity index (χ4n) is 3.31. The van der Waals surface area contributed by atoms with Gasteiger partial charge in [0.15, 0.2) is 11.5 Å². The van der Waals surface area contributed by atoms with Crippen LogP contribution in [-0.4, -0.2) is 17.7 Å². The van der Waals surface area contributed by atoms with Crippen LogP contribution in [0.1, 0.15) is 35.3 Å². The van der Waals surface area contributed by atoms with Crippen molar-refractivity contribution in [3.05, 3.63) is 71.4 Å². The average Bonchev–Trinajstić information content (AvgIpc) is 3.23. The quantitative estimate of drug-likeness (QED) is 0.625. The molecule has 2 heterocycles. The van der Waals surface area contributed by atoms with E-state index < -0.39 is 0 Å². The molecule has 0 bridgehead atoms. The summed E-state index contributed by atoms with van der Waals surface area (Å²) >= 11 is 0. The summed E-state index contributed by atoms with van der Waals surface area (Å²) in [5.41, 5.74) is 4.75. The van der Waals surface area contributed by atoms with E-state index in [0.717, 1.165) is 24.3 Å². The number of hydrogen-bond donors (Lipinski definition) is 2. The van der Waals surface area contributed by atoms with Crippen molar-refractivity contribution in [3.8, 4) is 11.5 Å². The van der Waals surface area contributed by atoms with E-state index in [1.54, 1.807) is 24.4 Å². The predicted octanol–water partition coefficient (Wildman–Crippen LogP) is 4.93. The SMILES string of the molecule is CCc1cccc(CC)c1Nc1ccc(NC(=O)c2ccc3c(c2)OCO3)cn1. The largest absolute Gasteiger partial charge is 0.454 e. The highest BCUT2D eigenvalue weighted by Crippen LogP contribution is 2.32. The van der Waals surface area contributed by atoms with E-state index in [0.29, 0.717) is 22.7 Å². The molecule has 2 N–H and O–H groups in total. The van der Waals surface area contributed by atoms with Gasteiger partial charge in [-0.2, -0.15) is 0 Å². The Kier molecular flexibility index (Phi) is 5.33. The molecule has 0 spiro atoms. The Bertz CT molecular complexity index is 1010. The number of aromatic nitrogens is 1. The minimum Gasteiger partial charge on any atom is -0.454 e. The molecular weight excluding hydrogens is 366 g/mol. The lowest BCUT2D eigenvalue weighted by Crippen LogP contribution is -2.12. The summed E-state index contributed by atoms with van der Waals surface area (Å²) < 4.78 is 10.6. The van der Waals surface area contributed by atoms with Crippen LogP contribution in [0.2, 0.25) is 0 Å². The first-order valence-electron chi connectivity index (χ1n) is 9.72. The maximum atomic E-state index is 12.5. The lowest BCUT2D eigenvalue weighted by atomic mass is 10.0. The zero-order chi connectivity index (χ0) is 20.2. The van der Waals surface area contributed by atoms with E-state index in [9.17, 15) is 4.79 Å². The molecule has 4 rings (SSSR count). The first kappa shape index (κ1) is 18.8. The summed E-state index contributed by atoms with van der Waals surface area (Å²) in [6.07, 6.45) is 3.53. The third-order valence-electron chi connectivity index (χ3n) is 4.91. The van der Waals surface area contributed by atoms with Crippen molar-refractivity contribution in [1.29, 1.82) is 0 Å². The number of carbonyl (C=O) groups excluding carboxylic acids is 1. The molecule has 1 aliphatic rings. The van der Waals surface area contributed by atoms with E-state index in [1.807, 2.05) is 12.1 Å². The third kappa shape index (κ3) is 4.01. The summed E-state index contributed by atoms with van der Waals surface area (Å²) in [5, 5.41) is 6.29. The van der Waals surface area contributed by atoms with Crippen LogP contribution in [0, 0.1) is 0 Å². The number of benzene rings is 2. The highest BCUT2D eigenvalue weighted by Gasteiger charge is 2.16. The van der Waals surface area contributed by atoms with E-state index in [2.05, 4.69) is 47.7 Å². The molecule has 0 saturated carbocycles. The normalized spacial score (nSPS) is 11.9. The Balaban J connectivity index is 1.47. The van der Waals surface area contributed by atoms with Crippen LogP contribution in [0.3, 0.4) is 0 Å². The minimum atomic E-state index is -0.226. The van der Waals surface area contributed by atoms with Crippen molar-refractivity contribution in [2.75, 3.05) is 17.4 Å². The highest BCUT2D eigenvalue weighted by atomic mass is 16.7. The van der Waals surface area contributed by atoms with Gasteiger partial charge < -0.3 is 20.1 Å². The second-order valence-electron chi connectivity index (χ2n) is 6.74. The topological polar surface area (TPSA) is 72.5 Å². The van der Waals surface area contributed by atoms with Crippen molar-refractivity contribution in [2.45, 2.75) is 26.7 Å². The van der Waals surface area contributed by atoms with Gasteiger partial charge in [-0.25, -0.2) is 4.98 Å². The van der Waals surface area contributed by atoms with E-state index in [-0.39, 0.29) is 12.7 Å². The first-order valence-corrected chi connectivity index (χ1v) is 9.72. The Morgan fingerprint density at radius 1 is 1.00 bits per heavy atom. The Morgan fingerprint density at radius 3 is 2.45 bits per heavy atom. The molecule has 148 valence electrons. The fourth-order valence-corrected chi connectivity index (χ4v) is 3.31. The molecule has 2 aromatic carbocycles. The van der Waals surface area contributed by atoms with Crippen molar-refractivity contribution >= 4 is 23.1 Å². The van der Waals surface area contributed by atoms with E-state index in [1.165, 1.54) is 11.1 Å². The average molecular weight is 389 g/mol. The van der Waals surface area contributed by atoms with Crippen LogP contribution in [0.5, 0.6) is 11.5 Å². The van der Waals surface area contributed by atoms with Gasteiger partial charge in [0, 0.05) is 11.3 Å². The highest BCUT2D eigenvalue weighted by molar-refractivity contribution is 6.04. The van der Waals surface area contributed by atoms with Crippen molar-refractivity contribution in [2.24, 2.45) is 0 Å². The molecule has 29 heavy (non-hydrogen) atoms. The van der Waals surface area contributed by atoms with E-state index in [4.69, 9.17) is 9.47 Å². The summed E-state index contributed by atoms with van der Waals surface area (Å²) in [5.74, 6) is 1.74. The molecule has 6 nitrogen and oxygen atoms in total. The number of hydrogen-bond acceptors (Lipinski definition) is 5. The molecule has 1 aliphatic heterocycles.